The van der Waals surface area contributed by atoms with E-state index >= 15 is 0 Å². The predicted octanol–water partition coefficient (Wildman–Crippen LogP) is 1.55. The molecule has 0 aliphatic carbocycles. The minimum Gasteiger partial charge on any atom is -0.383 e. The van der Waals surface area contributed by atoms with E-state index in [4.69, 9.17) is 17.3 Å². The highest BCUT2D eigenvalue weighted by atomic mass is 35.5. The molecule has 0 aliphatic heterocycles. The van der Waals surface area contributed by atoms with Gasteiger partial charge in [0, 0.05) is 5.02 Å². The first kappa shape index (κ1) is 11.8. The molecule has 0 saturated heterocycles. The summed E-state index contributed by atoms with van der Waals surface area (Å²) in [6, 6.07) is 5.80. The summed E-state index contributed by atoms with van der Waals surface area (Å²) in [6.07, 6.45) is 2.36. The van der Waals surface area contributed by atoms with Crippen LogP contribution in [-0.4, -0.2) is 18.4 Å². The summed E-state index contributed by atoms with van der Waals surface area (Å²) in [4.78, 5) is 7.30. The van der Waals surface area contributed by atoms with Crippen LogP contribution in [0.15, 0.2) is 46.6 Å². The molecule has 0 unspecified atom stereocenters. The maximum atomic E-state index is 12.2. The smallest absolute Gasteiger partial charge is 0.211 e. The molecule has 0 atom stereocenters. The van der Waals surface area contributed by atoms with Gasteiger partial charge in [0.05, 0.1) is 11.1 Å². The van der Waals surface area contributed by atoms with Gasteiger partial charge >= 0.3 is 0 Å². The van der Waals surface area contributed by atoms with Gasteiger partial charge in [-0.2, -0.15) is 0 Å². The van der Waals surface area contributed by atoms with Gasteiger partial charge in [0.2, 0.25) is 9.84 Å². The third-order valence-electron chi connectivity index (χ3n) is 2.12. The first-order valence-corrected chi connectivity index (χ1v) is 6.44. The molecule has 88 valence electrons. The molecule has 7 heteroatoms. The Morgan fingerprint density at radius 3 is 2.41 bits per heavy atom. The van der Waals surface area contributed by atoms with Crippen LogP contribution in [0, 0.1) is 0 Å². The molecule has 0 saturated carbocycles. The van der Waals surface area contributed by atoms with Gasteiger partial charge in [-0.05, 0) is 24.3 Å². The van der Waals surface area contributed by atoms with E-state index in [-0.39, 0.29) is 15.6 Å². The van der Waals surface area contributed by atoms with Gasteiger partial charge in [0.15, 0.2) is 0 Å². The van der Waals surface area contributed by atoms with Gasteiger partial charge < -0.3 is 5.73 Å². The lowest BCUT2D eigenvalue weighted by Gasteiger charge is -2.05. The number of halogens is 1. The highest BCUT2D eigenvalue weighted by Crippen LogP contribution is 2.24. The molecule has 17 heavy (non-hydrogen) atoms. The molecule has 1 aromatic carbocycles. The summed E-state index contributed by atoms with van der Waals surface area (Å²) in [5.74, 6) is -0.0741. The Morgan fingerprint density at radius 2 is 1.82 bits per heavy atom. The lowest BCUT2D eigenvalue weighted by molar-refractivity contribution is 0.595. The largest absolute Gasteiger partial charge is 0.383 e. The third-order valence-corrected chi connectivity index (χ3v) is 4.16. The van der Waals surface area contributed by atoms with E-state index in [2.05, 4.69) is 9.97 Å². The van der Waals surface area contributed by atoms with Crippen molar-refractivity contribution in [3.8, 4) is 0 Å². The maximum absolute atomic E-state index is 12.2. The Labute approximate surface area is 103 Å². The van der Waals surface area contributed by atoms with Crippen LogP contribution in [0.4, 0.5) is 5.82 Å². The number of hydrogen-bond acceptors (Lipinski definition) is 5. The number of nitrogen functional groups attached to an aromatic ring is 1. The molecule has 0 spiro atoms. The average Bonchev–Trinajstić information content (AvgIpc) is 2.30. The molecule has 2 rings (SSSR count). The van der Waals surface area contributed by atoms with Crippen LogP contribution in [-0.2, 0) is 9.84 Å². The van der Waals surface area contributed by atoms with E-state index < -0.39 is 9.84 Å². The van der Waals surface area contributed by atoms with Gasteiger partial charge in [0.25, 0.3) is 0 Å². The van der Waals surface area contributed by atoms with Crippen LogP contribution in [0.2, 0.25) is 5.02 Å². The second-order valence-electron chi connectivity index (χ2n) is 3.23. The molecular formula is C10H8ClN3O2S. The summed E-state index contributed by atoms with van der Waals surface area (Å²) in [5.41, 5.74) is 5.52. The first-order chi connectivity index (χ1) is 8.01. The summed E-state index contributed by atoms with van der Waals surface area (Å²) < 4.78 is 24.3. The molecular weight excluding hydrogens is 262 g/mol. The van der Waals surface area contributed by atoms with Gasteiger partial charge in [0.1, 0.15) is 17.0 Å². The number of hydrogen-bond donors (Lipinski definition) is 1. The normalized spacial score (nSPS) is 11.4. The predicted molar refractivity (Wildman–Crippen MR) is 63.3 cm³/mol. The molecule has 2 N–H and O–H groups in total. The minimum atomic E-state index is -3.70. The fourth-order valence-corrected chi connectivity index (χ4v) is 2.68. The van der Waals surface area contributed by atoms with E-state index in [1.54, 1.807) is 0 Å². The van der Waals surface area contributed by atoms with Crippen molar-refractivity contribution in [2.24, 2.45) is 0 Å². The van der Waals surface area contributed by atoms with E-state index in [9.17, 15) is 8.42 Å². The lowest BCUT2D eigenvalue weighted by Crippen LogP contribution is -2.07. The highest BCUT2D eigenvalue weighted by molar-refractivity contribution is 7.91. The molecule has 5 nitrogen and oxygen atoms in total. The van der Waals surface area contributed by atoms with Crippen molar-refractivity contribution >= 4 is 27.3 Å². The Bertz CT molecular complexity index is 641. The van der Waals surface area contributed by atoms with Crippen molar-refractivity contribution in [3.05, 3.63) is 41.8 Å². The van der Waals surface area contributed by atoms with Crippen LogP contribution in [0.25, 0.3) is 0 Å². The molecule has 0 bridgehead atoms. The molecule has 0 aliphatic rings. The standard InChI is InChI=1S/C10H8ClN3O2S/c11-7-1-3-8(4-2-7)17(15,16)9-5-13-6-14-10(9)12/h1-6H,(H2,12,13,14). The Hall–Kier alpha value is -1.66. The zero-order valence-corrected chi connectivity index (χ0v) is 10.1. The molecule has 2 aromatic rings. The second kappa shape index (κ2) is 4.31. The Morgan fingerprint density at radius 1 is 1.18 bits per heavy atom. The lowest BCUT2D eigenvalue weighted by atomic mass is 10.4. The van der Waals surface area contributed by atoms with Crippen molar-refractivity contribution in [1.82, 2.24) is 9.97 Å². The number of nitrogens with two attached hydrogens (primary N) is 1. The van der Waals surface area contributed by atoms with Crippen LogP contribution in [0.3, 0.4) is 0 Å². The summed E-state index contributed by atoms with van der Waals surface area (Å²) in [6.45, 7) is 0. The van der Waals surface area contributed by atoms with Crippen molar-refractivity contribution in [2.75, 3.05) is 5.73 Å². The summed E-state index contributed by atoms with van der Waals surface area (Å²) >= 11 is 5.69. The van der Waals surface area contributed by atoms with Crippen molar-refractivity contribution in [1.29, 1.82) is 0 Å². The van der Waals surface area contributed by atoms with E-state index in [0.717, 1.165) is 0 Å². The van der Waals surface area contributed by atoms with Crippen molar-refractivity contribution < 1.29 is 8.42 Å². The molecule has 0 fully saturated rings. The maximum Gasteiger partial charge on any atom is 0.211 e. The topological polar surface area (TPSA) is 85.9 Å². The van der Waals surface area contributed by atoms with Crippen molar-refractivity contribution in [3.63, 3.8) is 0 Å². The molecule has 1 heterocycles. The molecule has 0 radical (unpaired) electrons. The first-order valence-electron chi connectivity index (χ1n) is 4.58. The Kier molecular flexibility index (Phi) is 2.99. The zero-order chi connectivity index (χ0) is 12.5. The van der Waals surface area contributed by atoms with E-state index in [1.807, 2.05) is 0 Å². The van der Waals surface area contributed by atoms with E-state index in [1.165, 1.54) is 36.8 Å². The van der Waals surface area contributed by atoms with Crippen LogP contribution in [0.1, 0.15) is 0 Å². The van der Waals surface area contributed by atoms with Crippen molar-refractivity contribution in [2.45, 2.75) is 9.79 Å². The van der Waals surface area contributed by atoms with Crippen LogP contribution in [0.5, 0.6) is 0 Å². The number of rotatable bonds is 2. The number of benzene rings is 1. The van der Waals surface area contributed by atoms with Gasteiger partial charge in [-0.3, -0.25) is 0 Å². The fourth-order valence-electron chi connectivity index (χ4n) is 1.27. The summed E-state index contributed by atoms with van der Waals surface area (Å²) in [5, 5.41) is 0.459. The monoisotopic (exact) mass is 269 g/mol. The van der Waals surface area contributed by atoms with Gasteiger partial charge in [-0.25, -0.2) is 18.4 Å². The fraction of sp³-hybridized carbons (Fsp3) is 0. The quantitative estimate of drug-likeness (QED) is 0.894. The number of anilines is 1. The van der Waals surface area contributed by atoms with Gasteiger partial charge in [-0.1, -0.05) is 11.6 Å². The second-order valence-corrected chi connectivity index (χ2v) is 5.58. The molecule has 0 amide bonds. The summed E-state index contributed by atoms with van der Waals surface area (Å²) in [7, 11) is -3.70. The van der Waals surface area contributed by atoms with Gasteiger partial charge in [-0.15, -0.1) is 0 Å². The Balaban J connectivity index is 2.58. The number of sulfone groups is 1. The SMILES string of the molecule is Nc1ncncc1S(=O)(=O)c1ccc(Cl)cc1. The number of nitrogens with zero attached hydrogens (tertiary/aromatic N) is 2. The zero-order valence-electron chi connectivity index (χ0n) is 8.54. The van der Waals surface area contributed by atoms with Crippen LogP contribution >= 0.6 is 11.6 Å². The highest BCUT2D eigenvalue weighted by Gasteiger charge is 2.21. The molecule has 1 aromatic heterocycles. The number of aromatic nitrogens is 2. The van der Waals surface area contributed by atoms with Crippen LogP contribution < -0.4 is 5.73 Å². The third kappa shape index (κ3) is 2.22. The van der Waals surface area contributed by atoms with E-state index in [0.29, 0.717) is 5.02 Å². The minimum absolute atomic E-state index is 0.0741. The average molecular weight is 270 g/mol.